The van der Waals surface area contributed by atoms with Gasteiger partial charge in [-0.25, -0.2) is 13.1 Å². The minimum atomic E-state index is -3.61. The van der Waals surface area contributed by atoms with Crippen molar-refractivity contribution in [3.63, 3.8) is 0 Å². The van der Waals surface area contributed by atoms with Gasteiger partial charge in [0, 0.05) is 6.04 Å². The SMILES string of the molecule is CCc1ccc(-c2ccc(S(=O)(=O)NC(C)CC)cc2C#N)cc1. The summed E-state index contributed by atoms with van der Waals surface area (Å²) < 4.78 is 27.4. The van der Waals surface area contributed by atoms with Crippen LogP contribution in [0.15, 0.2) is 47.4 Å². The Morgan fingerprint density at radius 1 is 1.12 bits per heavy atom. The van der Waals surface area contributed by atoms with Gasteiger partial charge in [0.05, 0.1) is 16.5 Å². The largest absolute Gasteiger partial charge is 0.240 e. The molecule has 0 saturated heterocycles. The van der Waals surface area contributed by atoms with E-state index in [4.69, 9.17) is 0 Å². The lowest BCUT2D eigenvalue weighted by atomic mass is 9.99. The van der Waals surface area contributed by atoms with Crippen molar-refractivity contribution in [3.8, 4) is 17.2 Å². The monoisotopic (exact) mass is 342 g/mol. The standard InChI is InChI=1S/C19H22N2O2S/c1-4-14(3)21-24(22,23)18-10-11-19(17(12-18)13-20)16-8-6-15(5-2)7-9-16/h6-12,14,21H,4-5H2,1-3H3. The molecule has 0 aliphatic carbocycles. The number of hydrogen-bond donors (Lipinski definition) is 1. The number of nitrogens with one attached hydrogen (secondary N) is 1. The van der Waals surface area contributed by atoms with Crippen LogP contribution in [0.25, 0.3) is 11.1 Å². The van der Waals surface area contributed by atoms with Gasteiger partial charge in [0.1, 0.15) is 0 Å². The van der Waals surface area contributed by atoms with Crippen molar-refractivity contribution in [2.45, 2.75) is 44.6 Å². The van der Waals surface area contributed by atoms with Gasteiger partial charge in [-0.05, 0) is 48.6 Å². The molecule has 4 nitrogen and oxygen atoms in total. The first kappa shape index (κ1) is 18.2. The highest BCUT2D eigenvalue weighted by Crippen LogP contribution is 2.26. The van der Waals surface area contributed by atoms with Gasteiger partial charge in [0.15, 0.2) is 0 Å². The van der Waals surface area contributed by atoms with Crippen molar-refractivity contribution >= 4 is 10.0 Å². The number of nitrogens with zero attached hydrogens (tertiary/aromatic N) is 1. The van der Waals surface area contributed by atoms with Gasteiger partial charge in [-0.15, -0.1) is 0 Å². The number of aryl methyl sites for hydroxylation is 1. The summed E-state index contributed by atoms with van der Waals surface area (Å²) in [5.74, 6) is 0. The molecule has 0 radical (unpaired) electrons. The second-order valence-electron chi connectivity index (χ2n) is 5.80. The first-order chi connectivity index (χ1) is 11.4. The Bertz CT molecular complexity index is 850. The van der Waals surface area contributed by atoms with Crippen molar-refractivity contribution in [2.24, 2.45) is 0 Å². The second kappa shape index (κ2) is 7.61. The molecule has 0 bridgehead atoms. The molecule has 0 aromatic heterocycles. The first-order valence-corrected chi connectivity index (χ1v) is 9.55. The maximum Gasteiger partial charge on any atom is 0.240 e. The van der Waals surface area contributed by atoms with Crippen LogP contribution in [0.3, 0.4) is 0 Å². The number of sulfonamides is 1. The summed E-state index contributed by atoms with van der Waals surface area (Å²) in [4.78, 5) is 0.119. The first-order valence-electron chi connectivity index (χ1n) is 8.07. The van der Waals surface area contributed by atoms with E-state index in [9.17, 15) is 13.7 Å². The molecule has 0 saturated carbocycles. The van der Waals surface area contributed by atoms with Crippen molar-refractivity contribution in [1.82, 2.24) is 4.72 Å². The topological polar surface area (TPSA) is 70.0 Å². The number of benzene rings is 2. The van der Waals surface area contributed by atoms with Gasteiger partial charge in [-0.3, -0.25) is 0 Å². The van der Waals surface area contributed by atoms with Crippen LogP contribution in [0.5, 0.6) is 0 Å². The van der Waals surface area contributed by atoms with Crippen LogP contribution in [-0.4, -0.2) is 14.5 Å². The van der Waals surface area contributed by atoms with E-state index >= 15 is 0 Å². The van der Waals surface area contributed by atoms with E-state index in [1.165, 1.54) is 11.6 Å². The van der Waals surface area contributed by atoms with E-state index in [0.717, 1.165) is 17.5 Å². The third-order valence-corrected chi connectivity index (χ3v) is 5.65. The molecule has 1 N–H and O–H groups in total. The van der Waals surface area contributed by atoms with Gasteiger partial charge in [0.25, 0.3) is 0 Å². The van der Waals surface area contributed by atoms with Crippen LogP contribution in [0, 0.1) is 11.3 Å². The Morgan fingerprint density at radius 2 is 1.79 bits per heavy atom. The van der Waals surface area contributed by atoms with Crippen LogP contribution in [0.2, 0.25) is 0 Å². The highest BCUT2D eigenvalue weighted by atomic mass is 32.2. The maximum atomic E-state index is 12.4. The fourth-order valence-electron chi connectivity index (χ4n) is 2.37. The molecule has 2 rings (SSSR count). The van der Waals surface area contributed by atoms with E-state index < -0.39 is 10.0 Å². The minimum Gasteiger partial charge on any atom is -0.208 e. The van der Waals surface area contributed by atoms with Crippen molar-refractivity contribution in [1.29, 1.82) is 5.26 Å². The van der Waals surface area contributed by atoms with Crippen LogP contribution in [0.4, 0.5) is 0 Å². The van der Waals surface area contributed by atoms with Crippen LogP contribution >= 0.6 is 0 Å². The third kappa shape index (κ3) is 4.02. The average molecular weight is 342 g/mol. The maximum absolute atomic E-state index is 12.4. The third-order valence-electron chi connectivity index (χ3n) is 4.06. The minimum absolute atomic E-state index is 0.119. The zero-order chi connectivity index (χ0) is 17.7. The molecule has 1 unspecified atom stereocenters. The van der Waals surface area contributed by atoms with Gasteiger partial charge in [-0.1, -0.05) is 44.2 Å². The number of rotatable bonds is 6. The molecule has 24 heavy (non-hydrogen) atoms. The fraction of sp³-hybridized carbons (Fsp3) is 0.316. The van der Waals surface area contributed by atoms with Gasteiger partial charge in [0.2, 0.25) is 10.0 Å². The van der Waals surface area contributed by atoms with E-state index in [1.54, 1.807) is 12.1 Å². The molecule has 0 amide bonds. The number of hydrogen-bond acceptors (Lipinski definition) is 3. The average Bonchev–Trinajstić information content (AvgIpc) is 2.60. The Labute approximate surface area is 144 Å². The summed E-state index contributed by atoms with van der Waals surface area (Å²) in [6.45, 7) is 5.81. The number of nitriles is 1. The summed E-state index contributed by atoms with van der Waals surface area (Å²) in [6, 6.07) is 14.6. The predicted molar refractivity (Wildman–Crippen MR) is 96.0 cm³/mol. The summed E-state index contributed by atoms with van der Waals surface area (Å²) in [6.07, 6.45) is 1.65. The molecule has 2 aromatic rings. The summed E-state index contributed by atoms with van der Waals surface area (Å²) in [5, 5.41) is 9.43. The molecule has 0 aliphatic heterocycles. The predicted octanol–water partition coefficient (Wildman–Crippen LogP) is 3.86. The van der Waals surface area contributed by atoms with Crippen molar-refractivity contribution in [2.75, 3.05) is 0 Å². The van der Waals surface area contributed by atoms with Gasteiger partial charge in [-0.2, -0.15) is 5.26 Å². The Balaban J connectivity index is 2.42. The molecule has 126 valence electrons. The molecule has 5 heteroatoms. The highest BCUT2D eigenvalue weighted by molar-refractivity contribution is 7.89. The molecule has 0 heterocycles. The lowest BCUT2D eigenvalue weighted by Crippen LogP contribution is -2.32. The smallest absolute Gasteiger partial charge is 0.208 e. The van der Waals surface area contributed by atoms with E-state index in [1.807, 2.05) is 38.1 Å². The molecule has 0 fully saturated rings. The van der Waals surface area contributed by atoms with Gasteiger partial charge >= 0.3 is 0 Å². The molecule has 0 spiro atoms. The lowest BCUT2D eigenvalue weighted by Gasteiger charge is -2.13. The zero-order valence-electron chi connectivity index (χ0n) is 14.2. The molecule has 2 aromatic carbocycles. The van der Waals surface area contributed by atoms with E-state index in [0.29, 0.717) is 12.0 Å². The molecular formula is C19H22N2O2S. The Morgan fingerprint density at radius 3 is 2.33 bits per heavy atom. The highest BCUT2D eigenvalue weighted by Gasteiger charge is 2.18. The van der Waals surface area contributed by atoms with E-state index in [2.05, 4.69) is 17.7 Å². The summed E-state index contributed by atoms with van der Waals surface area (Å²) in [5.41, 5.74) is 3.21. The lowest BCUT2D eigenvalue weighted by molar-refractivity contribution is 0.556. The van der Waals surface area contributed by atoms with Crippen LogP contribution < -0.4 is 4.72 Å². The summed E-state index contributed by atoms with van der Waals surface area (Å²) >= 11 is 0. The zero-order valence-corrected chi connectivity index (χ0v) is 15.0. The molecule has 1 atom stereocenters. The van der Waals surface area contributed by atoms with E-state index in [-0.39, 0.29) is 10.9 Å². The molecule has 0 aliphatic rings. The Kier molecular flexibility index (Phi) is 5.76. The second-order valence-corrected chi connectivity index (χ2v) is 7.51. The normalized spacial score (nSPS) is 12.6. The van der Waals surface area contributed by atoms with Crippen LogP contribution in [0.1, 0.15) is 38.3 Å². The fourth-order valence-corrected chi connectivity index (χ4v) is 3.72. The van der Waals surface area contributed by atoms with Gasteiger partial charge < -0.3 is 0 Å². The molecular weight excluding hydrogens is 320 g/mol. The van der Waals surface area contributed by atoms with Crippen molar-refractivity contribution in [3.05, 3.63) is 53.6 Å². The van der Waals surface area contributed by atoms with Crippen LogP contribution in [-0.2, 0) is 16.4 Å². The Hall–Kier alpha value is -2.16. The van der Waals surface area contributed by atoms with Crippen molar-refractivity contribution < 1.29 is 8.42 Å². The summed E-state index contributed by atoms with van der Waals surface area (Å²) in [7, 11) is -3.61. The quantitative estimate of drug-likeness (QED) is 0.866.